The third-order valence-electron chi connectivity index (χ3n) is 22.0. The van der Waals surface area contributed by atoms with Crippen LogP contribution in [-0.2, 0) is 34.5 Å². The molecule has 0 fully saturated rings. The van der Waals surface area contributed by atoms with Crippen LogP contribution in [-0.4, -0.2) is 17.5 Å². The Hall–Kier alpha value is -7.94. The number of nitrogens with zero attached hydrogens (tertiary/aromatic N) is 6. The minimum absolute atomic E-state index is 0.0228. The summed E-state index contributed by atoms with van der Waals surface area (Å²) >= 11 is 10.4. The number of fused-ring (bicyclic) bond motifs is 6. The highest BCUT2D eigenvalue weighted by Gasteiger charge is 2.29. The minimum Gasteiger partial charge on any atom is -0.308 e. The molecule has 15 rings (SSSR count). The fraction of sp³-hybridized carbons (Fsp3) is 0.340. The largest absolute Gasteiger partial charge is 0.308 e. The second-order valence-electron chi connectivity index (χ2n) is 33.7. The van der Waals surface area contributed by atoms with Crippen LogP contribution in [0.3, 0.4) is 0 Å². The molecular formula is C94H100N6S6. The second kappa shape index (κ2) is 29.6. The van der Waals surface area contributed by atoms with E-state index in [0.29, 0.717) is 11.8 Å². The van der Waals surface area contributed by atoms with Crippen LogP contribution in [0.5, 0.6) is 0 Å². The molecule has 0 spiro atoms. The molecule has 106 heavy (non-hydrogen) atoms. The number of rotatable bonds is 22. The van der Waals surface area contributed by atoms with E-state index in [1.165, 1.54) is 179 Å². The number of thiophene rings is 4. The van der Waals surface area contributed by atoms with Crippen LogP contribution in [0.1, 0.15) is 194 Å². The van der Waals surface area contributed by atoms with Crippen LogP contribution in [0.25, 0.3) is 106 Å². The number of anilines is 6. The molecule has 0 amide bonds. The van der Waals surface area contributed by atoms with Crippen molar-refractivity contribution in [3.63, 3.8) is 0 Å². The van der Waals surface area contributed by atoms with Crippen LogP contribution >= 0.6 is 68.8 Å². The highest BCUT2D eigenvalue weighted by molar-refractivity contribution is 7.23. The monoisotopic (exact) mass is 1500 g/mol. The first-order chi connectivity index (χ1) is 50.8. The molecule has 6 aromatic heterocycles. The maximum atomic E-state index is 5.19. The van der Waals surface area contributed by atoms with Crippen molar-refractivity contribution in [3.8, 4) is 41.8 Å². The van der Waals surface area contributed by atoms with Gasteiger partial charge in [0, 0.05) is 83.7 Å². The molecule has 15 aromatic rings. The third kappa shape index (κ3) is 14.6. The van der Waals surface area contributed by atoms with Crippen LogP contribution in [0.2, 0.25) is 0 Å². The van der Waals surface area contributed by atoms with Gasteiger partial charge in [0.05, 0.1) is 34.8 Å². The predicted molar refractivity (Wildman–Crippen MR) is 470 cm³/mol. The van der Waals surface area contributed by atoms with Gasteiger partial charge in [-0.1, -0.05) is 211 Å². The summed E-state index contributed by atoms with van der Waals surface area (Å²) in [5, 5.41) is 7.66. The van der Waals surface area contributed by atoms with Crippen molar-refractivity contribution < 1.29 is 0 Å². The van der Waals surface area contributed by atoms with Gasteiger partial charge in [-0.25, -0.2) is 0 Å². The number of aromatic nitrogens is 4. The lowest BCUT2D eigenvalue weighted by molar-refractivity contribution is 0.452. The van der Waals surface area contributed by atoms with E-state index in [0.717, 1.165) is 80.2 Å². The summed E-state index contributed by atoms with van der Waals surface area (Å²) in [5.74, 6) is 1.32. The zero-order valence-electron chi connectivity index (χ0n) is 64.7. The average molecular weight is 1510 g/mol. The summed E-state index contributed by atoms with van der Waals surface area (Å²) in [6.45, 7) is 36.8. The van der Waals surface area contributed by atoms with Gasteiger partial charge in [-0.15, -0.1) is 45.3 Å². The van der Waals surface area contributed by atoms with Gasteiger partial charge in [0.2, 0.25) is 0 Å². The Labute approximate surface area is 652 Å². The highest BCUT2D eigenvalue weighted by Crippen LogP contribution is 2.54. The third-order valence-corrected chi connectivity index (χ3v) is 27.6. The topological polar surface area (TPSA) is 58.0 Å². The molecule has 0 saturated heterocycles. The van der Waals surface area contributed by atoms with Crippen LogP contribution in [0, 0.1) is 11.8 Å². The van der Waals surface area contributed by atoms with E-state index in [4.69, 9.17) is 17.5 Å². The lowest BCUT2D eigenvalue weighted by atomic mass is 9.86. The van der Waals surface area contributed by atoms with E-state index in [1.807, 2.05) is 45.3 Å². The van der Waals surface area contributed by atoms with Crippen molar-refractivity contribution in [1.29, 1.82) is 0 Å². The predicted octanol–water partition coefficient (Wildman–Crippen LogP) is 30.9. The molecule has 2 atom stereocenters. The van der Waals surface area contributed by atoms with Crippen LogP contribution in [0.15, 0.2) is 182 Å². The van der Waals surface area contributed by atoms with Gasteiger partial charge in [0.1, 0.15) is 22.1 Å². The quantitative estimate of drug-likeness (QED) is 0.0630. The molecule has 2 unspecified atom stereocenters. The first kappa shape index (κ1) is 73.6. The molecule has 542 valence electrons. The second-order valence-corrected chi connectivity index (χ2v) is 39.2. The molecular weight excluding hydrogens is 1410 g/mol. The Morgan fingerprint density at radius 1 is 0.330 bits per heavy atom. The van der Waals surface area contributed by atoms with E-state index >= 15 is 0 Å². The number of unbranched alkanes of at least 4 members (excludes halogenated alkanes) is 2. The van der Waals surface area contributed by atoms with Gasteiger partial charge < -0.3 is 9.80 Å². The molecule has 6 heterocycles. The first-order valence-corrected chi connectivity index (χ1v) is 43.2. The Morgan fingerprint density at radius 3 is 0.962 bits per heavy atom. The molecule has 12 heteroatoms. The van der Waals surface area contributed by atoms with E-state index in [-0.39, 0.29) is 21.7 Å². The summed E-state index contributed by atoms with van der Waals surface area (Å²) in [6.07, 6.45) is 12.1. The fourth-order valence-corrected chi connectivity index (χ4v) is 21.3. The van der Waals surface area contributed by atoms with Gasteiger partial charge in [0.15, 0.2) is 0 Å². The smallest absolute Gasteiger partial charge is 0.129 e. The maximum Gasteiger partial charge on any atom is 0.129 e. The molecule has 0 N–H and O–H groups in total. The summed E-state index contributed by atoms with van der Waals surface area (Å²) in [6, 6.07) is 70.6. The van der Waals surface area contributed by atoms with E-state index in [2.05, 4.69) is 303 Å². The fourth-order valence-electron chi connectivity index (χ4n) is 15.5. The Bertz CT molecular complexity index is 5100. The van der Waals surface area contributed by atoms with Gasteiger partial charge in [-0.2, -0.15) is 17.5 Å². The average Bonchev–Trinajstić information content (AvgIpc) is 1.45. The summed E-state index contributed by atoms with van der Waals surface area (Å²) in [4.78, 5) is 12.7. The van der Waals surface area contributed by atoms with E-state index in [1.54, 1.807) is 0 Å². The Kier molecular flexibility index (Phi) is 20.5. The number of benzene rings is 9. The Balaban J connectivity index is 0.913. The van der Waals surface area contributed by atoms with Crippen molar-refractivity contribution in [3.05, 3.63) is 214 Å². The molecule has 0 saturated carbocycles. The molecule has 0 aliphatic rings. The van der Waals surface area contributed by atoms with Crippen LogP contribution in [0.4, 0.5) is 34.1 Å². The zero-order valence-corrected chi connectivity index (χ0v) is 69.6. The van der Waals surface area contributed by atoms with Crippen molar-refractivity contribution in [2.75, 3.05) is 9.80 Å². The van der Waals surface area contributed by atoms with Crippen molar-refractivity contribution in [2.24, 2.45) is 11.8 Å². The number of hydrogen-bond donors (Lipinski definition) is 0. The van der Waals surface area contributed by atoms with Crippen molar-refractivity contribution >= 4 is 167 Å². The zero-order chi connectivity index (χ0) is 74.1. The van der Waals surface area contributed by atoms with Crippen molar-refractivity contribution in [2.45, 2.75) is 197 Å². The van der Waals surface area contributed by atoms with Gasteiger partial charge in [-0.3, -0.25) is 0 Å². The first-order valence-electron chi connectivity index (χ1n) is 38.5. The molecule has 0 aliphatic carbocycles. The lowest BCUT2D eigenvalue weighted by Gasteiger charge is -2.28. The normalized spacial score (nSPS) is 13.2. The lowest BCUT2D eigenvalue weighted by Crippen LogP contribution is -2.14. The summed E-state index contributed by atoms with van der Waals surface area (Å²) in [5.41, 5.74) is 20.2. The SMILES string of the molecule is CCCCC(CC)Cc1ccc(-c2c3cc4cc(-c5ccc(N(c6ccc(C(C)(C)C)cc6)c6ccc(C(C)(C)C)cc6)c6nsnc56)sc4cc3c(-c3ccc(CC(CC)CCCC)s3)c3cc4cc(-c5ccc(N(c6ccc(C(C)(C)C)cc6)c6ccc(C(C)(C)C)cc6)c6nsnc56)sc4cc23)s1. The van der Waals surface area contributed by atoms with E-state index < -0.39 is 0 Å². The van der Waals surface area contributed by atoms with Gasteiger partial charge in [-0.05, 0) is 234 Å². The van der Waals surface area contributed by atoms with Crippen LogP contribution < -0.4 is 9.80 Å². The maximum absolute atomic E-state index is 5.19. The standard InChI is InChI=1S/C94H100N6S6/c1-17-21-23-57(19-3)49-69-41-47-79(101-69)85-73-51-59-53-83(71-43-45-77(89-87(71)95-105-97-89)99(65-33-25-61(26-34-65)91(5,6)7)66-35-27-62(28-36-66)92(8,9)10)104-82(59)56-76(73)86(80-48-42-70(102-80)50-58(20-4)24-22-18-2)74-52-60-54-84(103-81(60)55-75(74)85)72-44-46-78(90-88(72)96-106-98-90)100(67-37-29-63(30-38-67)93(11,12)13)68-39-31-64(32-40-68)94(14,15)16/h25-48,51-58H,17-24,49-50H2,1-16H3. The molecule has 9 aromatic carbocycles. The molecule has 0 bridgehead atoms. The van der Waals surface area contributed by atoms with E-state index in [9.17, 15) is 0 Å². The van der Waals surface area contributed by atoms with Gasteiger partial charge >= 0.3 is 0 Å². The Morgan fingerprint density at radius 2 is 0.651 bits per heavy atom. The molecule has 6 nitrogen and oxygen atoms in total. The van der Waals surface area contributed by atoms with Crippen molar-refractivity contribution in [1.82, 2.24) is 17.5 Å². The molecule has 0 radical (unpaired) electrons. The summed E-state index contributed by atoms with van der Waals surface area (Å²) in [7, 11) is 0. The highest BCUT2D eigenvalue weighted by atomic mass is 32.1. The minimum atomic E-state index is 0.0228. The number of hydrogen-bond acceptors (Lipinski definition) is 12. The summed E-state index contributed by atoms with van der Waals surface area (Å²) < 4.78 is 23.3. The molecule has 0 aliphatic heterocycles. The van der Waals surface area contributed by atoms with Gasteiger partial charge in [0.25, 0.3) is 0 Å².